The van der Waals surface area contributed by atoms with Crippen molar-refractivity contribution in [1.29, 1.82) is 0 Å². The van der Waals surface area contributed by atoms with Crippen molar-refractivity contribution < 1.29 is 19.1 Å². The predicted molar refractivity (Wildman–Crippen MR) is 145 cm³/mol. The molecule has 2 N–H and O–H groups in total. The highest BCUT2D eigenvalue weighted by atomic mass is 16.5. The molecule has 1 aromatic heterocycles. The summed E-state index contributed by atoms with van der Waals surface area (Å²) in [5, 5.41) is 6.28. The molecule has 4 aromatic rings. The van der Waals surface area contributed by atoms with Crippen LogP contribution in [-0.4, -0.2) is 28.8 Å². The number of aromatic nitrogens is 1. The fraction of sp³-hybridized carbons (Fsp3) is 0.167. The van der Waals surface area contributed by atoms with Crippen LogP contribution in [0.4, 0.5) is 11.4 Å². The Hall–Kier alpha value is -4.85. The largest absolute Gasteiger partial charge is 0.496 e. The van der Waals surface area contributed by atoms with Crippen molar-refractivity contribution in [3.8, 4) is 11.5 Å². The number of hydrogen-bond donors (Lipinski definition) is 2. The molecule has 3 aromatic carbocycles. The van der Waals surface area contributed by atoms with Crippen LogP contribution < -0.4 is 20.1 Å². The van der Waals surface area contributed by atoms with E-state index in [1.807, 2.05) is 60.7 Å². The number of para-hydroxylation sites is 1. The molecule has 0 aliphatic carbocycles. The Bertz CT molecular complexity index is 1440. The first kappa shape index (κ1) is 24.8. The zero-order valence-corrected chi connectivity index (χ0v) is 21.2. The molecule has 0 spiro atoms. The van der Waals surface area contributed by atoms with Gasteiger partial charge < -0.3 is 25.0 Å². The molecule has 2 heterocycles. The fourth-order valence-electron chi connectivity index (χ4n) is 4.47. The average Bonchev–Trinajstić information content (AvgIpc) is 2.94. The zero-order valence-electron chi connectivity index (χ0n) is 21.2. The Balaban J connectivity index is 1.43. The summed E-state index contributed by atoms with van der Waals surface area (Å²) in [5.74, 6) is 1.14. The summed E-state index contributed by atoms with van der Waals surface area (Å²) in [7, 11) is 1.62. The third kappa shape index (κ3) is 5.44. The molecule has 1 unspecified atom stereocenters. The maximum atomic E-state index is 13.6. The monoisotopic (exact) mass is 508 g/mol. The highest BCUT2D eigenvalue weighted by Gasteiger charge is 2.33. The second-order valence-electron chi connectivity index (χ2n) is 8.91. The molecule has 8 nitrogen and oxygen atoms in total. The van der Waals surface area contributed by atoms with E-state index in [4.69, 9.17) is 9.47 Å². The van der Waals surface area contributed by atoms with Crippen LogP contribution in [-0.2, 0) is 17.9 Å². The molecular formula is C30H28N4O4. The summed E-state index contributed by atoms with van der Waals surface area (Å²) >= 11 is 0. The summed E-state index contributed by atoms with van der Waals surface area (Å²) in [5.41, 5.74) is 4.63. The van der Waals surface area contributed by atoms with E-state index < -0.39 is 6.17 Å². The summed E-state index contributed by atoms with van der Waals surface area (Å²) in [6, 6.07) is 26.2. The summed E-state index contributed by atoms with van der Waals surface area (Å²) in [6.07, 6.45) is 1.31. The van der Waals surface area contributed by atoms with Gasteiger partial charge >= 0.3 is 0 Å². The number of carbonyl (C=O) groups is 2. The third-order valence-electron chi connectivity index (χ3n) is 6.27. The first-order valence-corrected chi connectivity index (χ1v) is 12.3. The molecule has 0 saturated heterocycles. The van der Waals surface area contributed by atoms with Crippen LogP contribution in [0.15, 0.2) is 91.1 Å². The van der Waals surface area contributed by atoms with Crippen LogP contribution in [0.1, 0.15) is 40.3 Å². The molecule has 38 heavy (non-hydrogen) atoms. The quantitative estimate of drug-likeness (QED) is 0.331. The Labute approximate surface area is 221 Å². The lowest BCUT2D eigenvalue weighted by Gasteiger charge is -2.38. The van der Waals surface area contributed by atoms with Gasteiger partial charge in [0.2, 0.25) is 5.91 Å². The van der Waals surface area contributed by atoms with Gasteiger partial charge in [0.05, 0.1) is 24.9 Å². The van der Waals surface area contributed by atoms with Crippen molar-refractivity contribution in [2.24, 2.45) is 0 Å². The number of ether oxygens (including phenoxy) is 2. The molecule has 1 aliphatic rings. The van der Waals surface area contributed by atoms with E-state index in [9.17, 15) is 9.59 Å². The lowest BCUT2D eigenvalue weighted by atomic mass is 10.0. The summed E-state index contributed by atoms with van der Waals surface area (Å²) in [6.45, 7) is 2.08. The number of pyridine rings is 1. The van der Waals surface area contributed by atoms with Crippen LogP contribution in [0.2, 0.25) is 0 Å². The Morgan fingerprint density at radius 1 is 1.03 bits per heavy atom. The van der Waals surface area contributed by atoms with Gasteiger partial charge in [-0.05, 0) is 66.2 Å². The lowest BCUT2D eigenvalue weighted by Crippen LogP contribution is -2.42. The van der Waals surface area contributed by atoms with Gasteiger partial charge in [-0.1, -0.05) is 24.3 Å². The molecular weight excluding hydrogens is 480 g/mol. The van der Waals surface area contributed by atoms with Gasteiger partial charge in [-0.25, -0.2) is 0 Å². The molecule has 0 radical (unpaired) electrons. The molecule has 2 amide bonds. The van der Waals surface area contributed by atoms with Crippen LogP contribution in [0.25, 0.3) is 0 Å². The number of nitrogens with zero attached hydrogens (tertiary/aromatic N) is 2. The van der Waals surface area contributed by atoms with E-state index in [0.717, 1.165) is 22.5 Å². The van der Waals surface area contributed by atoms with E-state index in [2.05, 4.69) is 15.6 Å². The molecule has 0 fully saturated rings. The van der Waals surface area contributed by atoms with Crippen molar-refractivity contribution in [1.82, 2.24) is 9.88 Å². The smallest absolute Gasteiger partial charge is 0.258 e. The Morgan fingerprint density at radius 2 is 1.82 bits per heavy atom. The number of benzene rings is 3. The number of fused-ring (bicyclic) bond motifs is 1. The lowest BCUT2D eigenvalue weighted by molar-refractivity contribution is -0.114. The Morgan fingerprint density at radius 3 is 2.55 bits per heavy atom. The maximum Gasteiger partial charge on any atom is 0.258 e. The van der Waals surface area contributed by atoms with Gasteiger partial charge in [-0.15, -0.1) is 0 Å². The topological polar surface area (TPSA) is 92.8 Å². The van der Waals surface area contributed by atoms with Gasteiger partial charge in [0.1, 0.15) is 24.3 Å². The number of rotatable bonds is 8. The van der Waals surface area contributed by atoms with E-state index in [0.29, 0.717) is 29.3 Å². The van der Waals surface area contributed by atoms with E-state index >= 15 is 0 Å². The third-order valence-corrected chi connectivity index (χ3v) is 6.27. The second-order valence-corrected chi connectivity index (χ2v) is 8.91. The van der Waals surface area contributed by atoms with Crippen molar-refractivity contribution in [2.75, 3.05) is 17.7 Å². The first-order chi connectivity index (χ1) is 18.5. The molecule has 1 aliphatic heterocycles. The number of amides is 2. The number of methoxy groups -OCH3 is 1. The summed E-state index contributed by atoms with van der Waals surface area (Å²) in [4.78, 5) is 31.1. The molecule has 5 rings (SSSR count). The second kappa shape index (κ2) is 11.0. The number of hydrogen-bond acceptors (Lipinski definition) is 6. The minimum absolute atomic E-state index is 0.0668. The van der Waals surface area contributed by atoms with Crippen LogP contribution in [0.3, 0.4) is 0 Å². The first-order valence-electron chi connectivity index (χ1n) is 12.3. The maximum absolute atomic E-state index is 13.6. The van der Waals surface area contributed by atoms with Crippen LogP contribution in [0.5, 0.6) is 11.5 Å². The minimum atomic E-state index is -0.416. The molecule has 8 heteroatoms. The molecule has 192 valence electrons. The number of anilines is 2. The minimum Gasteiger partial charge on any atom is -0.496 e. The predicted octanol–water partition coefficient (Wildman–Crippen LogP) is 5.39. The van der Waals surface area contributed by atoms with E-state index in [1.54, 1.807) is 42.5 Å². The molecule has 0 bridgehead atoms. The standard InChI is InChI=1S/C30H28N4O4/c1-20(35)32-23-11-13-25(14-12-23)38-19-22-17-21(10-15-28(22)37-2)29-33-27-9-4-3-8-26(27)30(36)34(29)18-24-7-5-6-16-31-24/h3-17,29,33H,18-19H2,1-2H3,(H,32,35). The van der Waals surface area contributed by atoms with Crippen molar-refractivity contribution in [3.05, 3.63) is 114 Å². The van der Waals surface area contributed by atoms with Gasteiger partial charge in [0.25, 0.3) is 5.91 Å². The van der Waals surface area contributed by atoms with Gasteiger partial charge in [0, 0.05) is 30.1 Å². The van der Waals surface area contributed by atoms with E-state index in [1.165, 1.54) is 6.92 Å². The number of nitrogens with one attached hydrogen (secondary N) is 2. The normalized spacial score (nSPS) is 14.3. The highest BCUT2D eigenvalue weighted by molar-refractivity contribution is 6.01. The van der Waals surface area contributed by atoms with Crippen molar-refractivity contribution in [3.63, 3.8) is 0 Å². The van der Waals surface area contributed by atoms with E-state index in [-0.39, 0.29) is 18.4 Å². The van der Waals surface area contributed by atoms with Gasteiger partial charge in [-0.3, -0.25) is 14.6 Å². The molecule has 1 atom stereocenters. The highest BCUT2D eigenvalue weighted by Crippen LogP contribution is 2.35. The van der Waals surface area contributed by atoms with Crippen molar-refractivity contribution >= 4 is 23.2 Å². The number of carbonyl (C=O) groups excluding carboxylic acids is 2. The average molecular weight is 509 g/mol. The summed E-state index contributed by atoms with van der Waals surface area (Å²) < 4.78 is 11.6. The van der Waals surface area contributed by atoms with Gasteiger partial charge in [-0.2, -0.15) is 0 Å². The molecule has 0 saturated carbocycles. The van der Waals surface area contributed by atoms with Crippen LogP contribution in [0, 0.1) is 0 Å². The Kier molecular flexibility index (Phi) is 7.21. The SMILES string of the molecule is COc1ccc(C2Nc3ccccc3C(=O)N2Cc2ccccn2)cc1COc1ccc(NC(C)=O)cc1. The fourth-order valence-corrected chi connectivity index (χ4v) is 4.47. The zero-order chi connectivity index (χ0) is 26.5. The van der Waals surface area contributed by atoms with Crippen molar-refractivity contribution in [2.45, 2.75) is 26.2 Å². The van der Waals surface area contributed by atoms with Crippen LogP contribution >= 0.6 is 0 Å². The van der Waals surface area contributed by atoms with Gasteiger partial charge in [0.15, 0.2) is 0 Å².